The van der Waals surface area contributed by atoms with Crippen molar-refractivity contribution in [3.05, 3.63) is 53.7 Å². The van der Waals surface area contributed by atoms with Gasteiger partial charge in [-0.05, 0) is 37.2 Å². The second-order valence-electron chi connectivity index (χ2n) is 8.58. The van der Waals surface area contributed by atoms with Gasteiger partial charge in [-0.15, -0.1) is 0 Å². The van der Waals surface area contributed by atoms with E-state index in [1.165, 1.54) is 18.4 Å². The summed E-state index contributed by atoms with van der Waals surface area (Å²) in [5.41, 5.74) is 1.74. The van der Waals surface area contributed by atoms with Gasteiger partial charge in [-0.1, -0.05) is 51.1 Å². The molecule has 0 amide bonds. The molecule has 5 nitrogen and oxygen atoms in total. The zero-order valence-corrected chi connectivity index (χ0v) is 17.0. The van der Waals surface area contributed by atoms with E-state index in [0.717, 1.165) is 31.2 Å². The lowest BCUT2D eigenvalue weighted by Crippen LogP contribution is -2.40. The lowest BCUT2D eigenvalue weighted by molar-refractivity contribution is 0.383. The maximum Gasteiger partial charge on any atom is 0.216 e. The van der Waals surface area contributed by atoms with E-state index < -0.39 is 0 Å². The van der Waals surface area contributed by atoms with E-state index in [2.05, 4.69) is 78.6 Å². The highest BCUT2D eigenvalue weighted by molar-refractivity contribution is 5.79. The van der Waals surface area contributed by atoms with Gasteiger partial charge in [0.1, 0.15) is 12.3 Å². The van der Waals surface area contributed by atoms with E-state index >= 15 is 0 Å². The molecule has 2 aromatic rings. The van der Waals surface area contributed by atoms with Crippen LogP contribution in [-0.4, -0.2) is 24.0 Å². The predicted molar refractivity (Wildman–Crippen MR) is 110 cm³/mol. The Labute approximate surface area is 162 Å². The second-order valence-corrected chi connectivity index (χ2v) is 8.58. The van der Waals surface area contributed by atoms with Crippen molar-refractivity contribution in [3.63, 3.8) is 0 Å². The standard InChI is InChI=1S/C22H32N4O/c1-5-23-20(25-15-19-24-14-18(27-19)21(2,3)4)26-16-22(11-12-22)13-17-9-7-6-8-10-17/h6-10,14H,5,11-13,15-16H2,1-4H3,(H2,23,25,26). The van der Waals surface area contributed by atoms with Gasteiger partial charge in [-0.2, -0.15) is 0 Å². The Bertz CT molecular complexity index is 754. The van der Waals surface area contributed by atoms with Crippen molar-refractivity contribution < 1.29 is 4.42 Å². The van der Waals surface area contributed by atoms with Crippen molar-refractivity contribution in [3.8, 4) is 0 Å². The van der Waals surface area contributed by atoms with Gasteiger partial charge in [0.2, 0.25) is 5.89 Å². The average molecular weight is 369 g/mol. The van der Waals surface area contributed by atoms with Crippen molar-refractivity contribution in [2.45, 2.75) is 58.9 Å². The molecule has 1 aliphatic rings. The second kappa shape index (κ2) is 8.15. The fraction of sp³-hybridized carbons (Fsp3) is 0.545. The maximum absolute atomic E-state index is 5.84. The molecule has 1 fully saturated rings. The van der Waals surface area contributed by atoms with E-state index in [-0.39, 0.29) is 5.41 Å². The summed E-state index contributed by atoms with van der Waals surface area (Å²) >= 11 is 0. The summed E-state index contributed by atoms with van der Waals surface area (Å²) in [5.74, 6) is 2.38. The van der Waals surface area contributed by atoms with Gasteiger partial charge in [0.25, 0.3) is 0 Å². The highest BCUT2D eigenvalue weighted by atomic mass is 16.4. The zero-order chi connectivity index (χ0) is 19.3. The number of hydrogen-bond donors (Lipinski definition) is 2. The molecule has 3 rings (SSSR count). The first-order valence-corrected chi connectivity index (χ1v) is 9.91. The number of hydrogen-bond acceptors (Lipinski definition) is 3. The number of nitrogens with zero attached hydrogens (tertiary/aromatic N) is 2. The lowest BCUT2D eigenvalue weighted by atomic mass is 9.94. The van der Waals surface area contributed by atoms with Crippen LogP contribution in [0.5, 0.6) is 0 Å². The maximum atomic E-state index is 5.84. The van der Waals surface area contributed by atoms with Crippen LogP contribution in [0, 0.1) is 5.41 Å². The minimum atomic E-state index is -0.0342. The number of aliphatic imine (C=N–C) groups is 1. The Morgan fingerprint density at radius 2 is 1.93 bits per heavy atom. The van der Waals surface area contributed by atoms with Crippen molar-refractivity contribution in [2.24, 2.45) is 10.4 Å². The predicted octanol–water partition coefficient (Wildman–Crippen LogP) is 4.05. The normalized spacial score (nSPS) is 16.2. The molecule has 0 radical (unpaired) electrons. The smallest absolute Gasteiger partial charge is 0.216 e. The summed E-state index contributed by atoms with van der Waals surface area (Å²) < 4.78 is 5.84. The van der Waals surface area contributed by atoms with Gasteiger partial charge in [0.15, 0.2) is 5.96 Å². The van der Waals surface area contributed by atoms with Gasteiger partial charge in [-0.25, -0.2) is 9.98 Å². The molecule has 0 unspecified atom stereocenters. The molecule has 1 heterocycles. The Morgan fingerprint density at radius 1 is 1.19 bits per heavy atom. The first-order valence-electron chi connectivity index (χ1n) is 9.91. The third-order valence-corrected chi connectivity index (χ3v) is 5.02. The summed E-state index contributed by atoms with van der Waals surface area (Å²) in [5, 5.41) is 6.84. The van der Waals surface area contributed by atoms with Crippen LogP contribution >= 0.6 is 0 Å². The van der Waals surface area contributed by atoms with Crippen LogP contribution in [0.2, 0.25) is 0 Å². The van der Waals surface area contributed by atoms with Crippen LogP contribution in [-0.2, 0) is 18.4 Å². The Hall–Kier alpha value is -2.30. The number of rotatable bonds is 7. The number of guanidine groups is 1. The molecule has 27 heavy (non-hydrogen) atoms. The highest BCUT2D eigenvalue weighted by Gasteiger charge is 2.42. The van der Waals surface area contributed by atoms with E-state index in [9.17, 15) is 0 Å². The molecule has 1 aromatic carbocycles. The summed E-state index contributed by atoms with van der Waals surface area (Å²) in [6.07, 6.45) is 5.46. The molecular weight excluding hydrogens is 336 g/mol. The average Bonchev–Trinajstić information content (AvgIpc) is 3.21. The summed E-state index contributed by atoms with van der Waals surface area (Å²) in [4.78, 5) is 9.02. The number of oxazole rings is 1. The molecule has 1 aliphatic carbocycles. The van der Waals surface area contributed by atoms with E-state index in [4.69, 9.17) is 4.42 Å². The van der Waals surface area contributed by atoms with Crippen molar-refractivity contribution >= 4 is 5.96 Å². The van der Waals surface area contributed by atoms with Crippen LogP contribution in [0.3, 0.4) is 0 Å². The zero-order valence-electron chi connectivity index (χ0n) is 17.0. The van der Waals surface area contributed by atoms with Crippen LogP contribution in [0.1, 0.15) is 57.8 Å². The van der Waals surface area contributed by atoms with E-state index in [0.29, 0.717) is 17.9 Å². The fourth-order valence-electron chi connectivity index (χ4n) is 3.11. The molecule has 0 spiro atoms. The van der Waals surface area contributed by atoms with Gasteiger partial charge in [-0.3, -0.25) is 0 Å². The molecule has 0 aliphatic heterocycles. The molecule has 5 heteroatoms. The fourth-order valence-corrected chi connectivity index (χ4v) is 3.11. The minimum absolute atomic E-state index is 0.0342. The number of aromatic nitrogens is 1. The molecule has 1 aromatic heterocycles. The lowest BCUT2D eigenvalue weighted by Gasteiger charge is -2.18. The van der Waals surface area contributed by atoms with Crippen molar-refractivity contribution in [1.82, 2.24) is 15.6 Å². The number of benzene rings is 1. The van der Waals surface area contributed by atoms with Gasteiger partial charge < -0.3 is 15.1 Å². The van der Waals surface area contributed by atoms with Gasteiger partial charge in [0.05, 0.1) is 6.20 Å². The van der Waals surface area contributed by atoms with Crippen molar-refractivity contribution in [1.29, 1.82) is 0 Å². The van der Waals surface area contributed by atoms with Crippen LogP contribution in [0.25, 0.3) is 0 Å². The van der Waals surface area contributed by atoms with Crippen molar-refractivity contribution in [2.75, 3.05) is 13.1 Å². The molecule has 146 valence electrons. The highest BCUT2D eigenvalue weighted by Crippen LogP contribution is 2.47. The third kappa shape index (κ3) is 5.59. The Balaban J connectivity index is 1.57. The van der Waals surface area contributed by atoms with Gasteiger partial charge in [0, 0.05) is 18.5 Å². The molecular formula is C22H32N4O. The molecule has 0 bridgehead atoms. The third-order valence-electron chi connectivity index (χ3n) is 5.02. The molecule has 0 atom stereocenters. The molecule has 1 saturated carbocycles. The first kappa shape index (κ1) is 19.5. The summed E-state index contributed by atoms with van der Waals surface area (Å²) in [6.45, 7) is 10.6. The van der Waals surface area contributed by atoms with Crippen LogP contribution in [0.15, 0.2) is 45.9 Å². The summed E-state index contributed by atoms with van der Waals surface area (Å²) in [6, 6.07) is 10.7. The van der Waals surface area contributed by atoms with Crippen LogP contribution in [0.4, 0.5) is 0 Å². The first-order chi connectivity index (χ1) is 12.9. The molecule has 0 saturated heterocycles. The summed E-state index contributed by atoms with van der Waals surface area (Å²) in [7, 11) is 0. The minimum Gasteiger partial charge on any atom is -0.443 e. The monoisotopic (exact) mass is 368 g/mol. The number of nitrogens with one attached hydrogen (secondary N) is 2. The van der Waals surface area contributed by atoms with Crippen LogP contribution < -0.4 is 10.6 Å². The van der Waals surface area contributed by atoms with Gasteiger partial charge >= 0.3 is 0 Å². The molecule has 2 N–H and O–H groups in total. The largest absolute Gasteiger partial charge is 0.443 e. The SMILES string of the molecule is CCNC(=NCc1ncc(C(C)(C)C)o1)NCC1(Cc2ccccc2)CC1. The quantitative estimate of drug-likeness (QED) is 0.572. The topological polar surface area (TPSA) is 62.5 Å². The van der Waals surface area contributed by atoms with E-state index in [1.54, 1.807) is 0 Å². The van der Waals surface area contributed by atoms with E-state index in [1.807, 2.05) is 6.20 Å². The Morgan fingerprint density at radius 3 is 2.52 bits per heavy atom. The Kier molecular flexibility index (Phi) is 5.88.